The first-order valence-corrected chi connectivity index (χ1v) is 6.21. The van der Waals surface area contributed by atoms with E-state index in [0.29, 0.717) is 11.1 Å². The lowest BCUT2D eigenvalue weighted by atomic mass is 9.90. The SMILES string of the molecule is Cc1cc(F)ccc1CC(C(=O)O)c1ccccc1F. The van der Waals surface area contributed by atoms with Gasteiger partial charge in [-0.25, -0.2) is 8.78 Å². The molecule has 0 radical (unpaired) electrons. The summed E-state index contributed by atoms with van der Waals surface area (Å²) in [5.41, 5.74) is 1.50. The summed E-state index contributed by atoms with van der Waals surface area (Å²) in [6.45, 7) is 1.71. The fraction of sp³-hybridized carbons (Fsp3) is 0.188. The topological polar surface area (TPSA) is 37.3 Å². The van der Waals surface area contributed by atoms with Crippen LogP contribution in [0.4, 0.5) is 8.78 Å². The Morgan fingerprint density at radius 3 is 2.50 bits per heavy atom. The third-order valence-corrected chi connectivity index (χ3v) is 3.31. The number of benzene rings is 2. The highest BCUT2D eigenvalue weighted by atomic mass is 19.1. The van der Waals surface area contributed by atoms with Gasteiger partial charge in [0.05, 0.1) is 5.92 Å². The normalized spacial score (nSPS) is 12.2. The van der Waals surface area contributed by atoms with E-state index in [9.17, 15) is 18.7 Å². The fourth-order valence-electron chi connectivity index (χ4n) is 2.20. The second kappa shape index (κ2) is 5.82. The van der Waals surface area contributed by atoms with Crippen LogP contribution in [0.2, 0.25) is 0 Å². The van der Waals surface area contributed by atoms with Crippen LogP contribution in [0.1, 0.15) is 22.6 Å². The zero-order valence-corrected chi connectivity index (χ0v) is 10.9. The van der Waals surface area contributed by atoms with E-state index in [-0.39, 0.29) is 17.8 Å². The lowest BCUT2D eigenvalue weighted by Gasteiger charge is -2.15. The van der Waals surface area contributed by atoms with Crippen LogP contribution in [-0.2, 0) is 11.2 Å². The summed E-state index contributed by atoms with van der Waals surface area (Å²) in [6, 6.07) is 9.99. The molecule has 2 nitrogen and oxygen atoms in total. The van der Waals surface area contributed by atoms with E-state index < -0.39 is 17.7 Å². The zero-order valence-electron chi connectivity index (χ0n) is 10.9. The average Bonchev–Trinajstić information content (AvgIpc) is 2.39. The van der Waals surface area contributed by atoms with Gasteiger partial charge in [0.15, 0.2) is 0 Å². The van der Waals surface area contributed by atoms with E-state index >= 15 is 0 Å². The molecule has 2 rings (SSSR count). The number of halogens is 2. The van der Waals surface area contributed by atoms with Crippen molar-refractivity contribution >= 4 is 5.97 Å². The number of aliphatic carboxylic acids is 1. The number of rotatable bonds is 4. The standard InChI is InChI=1S/C16H14F2O2/c1-10-8-12(17)7-6-11(10)9-14(16(19)20)13-4-2-3-5-15(13)18/h2-8,14H,9H2,1H3,(H,19,20). The van der Waals surface area contributed by atoms with E-state index in [1.807, 2.05) is 0 Å². The summed E-state index contributed by atoms with van der Waals surface area (Å²) in [5.74, 6) is -3.00. The molecule has 0 saturated carbocycles. The van der Waals surface area contributed by atoms with Crippen molar-refractivity contribution in [3.8, 4) is 0 Å². The molecule has 0 spiro atoms. The molecule has 2 aromatic carbocycles. The van der Waals surface area contributed by atoms with Crippen LogP contribution in [0.25, 0.3) is 0 Å². The van der Waals surface area contributed by atoms with E-state index in [1.54, 1.807) is 19.1 Å². The van der Waals surface area contributed by atoms with Crippen molar-refractivity contribution in [2.24, 2.45) is 0 Å². The molecule has 104 valence electrons. The van der Waals surface area contributed by atoms with Gasteiger partial charge in [0.1, 0.15) is 11.6 Å². The molecular weight excluding hydrogens is 262 g/mol. The molecule has 20 heavy (non-hydrogen) atoms. The summed E-state index contributed by atoms with van der Waals surface area (Å²) >= 11 is 0. The number of hydrogen-bond acceptors (Lipinski definition) is 1. The van der Waals surface area contributed by atoms with Gasteiger partial charge in [-0.2, -0.15) is 0 Å². The Hall–Kier alpha value is -2.23. The minimum absolute atomic E-state index is 0.127. The van der Waals surface area contributed by atoms with Crippen LogP contribution in [0.15, 0.2) is 42.5 Å². The van der Waals surface area contributed by atoms with Crippen molar-refractivity contribution in [3.05, 3.63) is 70.8 Å². The minimum Gasteiger partial charge on any atom is -0.481 e. The van der Waals surface area contributed by atoms with Crippen LogP contribution in [0.3, 0.4) is 0 Å². The molecule has 0 saturated heterocycles. The fourth-order valence-corrected chi connectivity index (χ4v) is 2.20. The van der Waals surface area contributed by atoms with Crippen molar-refractivity contribution < 1.29 is 18.7 Å². The molecule has 1 unspecified atom stereocenters. The van der Waals surface area contributed by atoms with Gasteiger partial charge < -0.3 is 5.11 Å². The first-order valence-electron chi connectivity index (χ1n) is 6.21. The number of carboxylic acid groups (broad SMARTS) is 1. The average molecular weight is 276 g/mol. The first-order chi connectivity index (χ1) is 9.49. The molecule has 0 aliphatic heterocycles. The Kier molecular flexibility index (Phi) is 4.13. The molecule has 0 amide bonds. The Bertz CT molecular complexity index is 638. The monoisotopic (exact) mass is 276 g/mol. The molecule has 0 heterocycles. The highest BCUT2D eigenvalue weighted by Gasteiger charge is 2.23. The highest BCUT2D eigenvalue weighted by Crippen LogP contribution is 2.25. The summed E-state index contributed by atoms with van der Waals surface area (Å²) < 4.78 is 26.8. The number of carboxylic acids is 1. The molecule has 0 aliphatic rings. The molecule has 4 heteroatoms. The summed E-state index contributed by atoms with van der Waals surface area (Å²) in [7, 11) is 0. The predicted octanol–water partition coefficient (Wildman–Crippen LogP) is 3.68. The molecule has 0 bridgehead atoms. The summed E-state index contributed by atoms with van der Waals surface area (Å²) in [4.78, 5) is 11.4. The smallest absolute Gasteiger partial charge is 0.311 e. The number of hydrogen-bond donors (Lipinski definition) is 1. The second-order valence-electron chi connectivity index (χ2n) is 4.69. The largest absolute Gasteiger partial charge is 0.481 e. The number of carbonyl (C=O) groups is 1. The molecule has 0 aliphatic carbocycles. The minimum atomic E-state index is -1.10. The van der Waals surface area contributed by atoms with Crippen LogP contribution in [-0.4, -0.2) is 11.1 Å². The third-order valence-electron chi connectivity index (χ3n) is 3.31. The van der Waals surface area contributed by atoms with Gasteiger partial charge in [-0.3, -0.25) is 4.79 Å². The van der Waals surface area contributed by atoms with E-state index in [1.165, 1.54) is 30.3 Å². The lowest BCUT2D eigenvalue weighted by Crippen LogP contribution is -2.16. The highest BCUT2D eigenvalue weighted by molar-refractivity contribution is 5.76. The maximum atomic E-state index is 13.7. The molecule has 2 aromatic rings. The van der Waals surface area contributed by atoms with E-state index in [4.69, 9.17) is 0 Å². The lowest BCUT2D eigenvalue weighted by molar-refractivity contribution is -0.138. The van der Waals surface area contributed by atoms with Gasteiger partial charge in [0.25, 0.3) is 0 Å². The van der Waals surface area contributed by atoms with Crippen LogP contribution in [0, 0.1) is 18.6 Å². The van der Waals surface area contributed by atoms with E-state index in [0.717, 1.165) is 0 Å². The first kappa shape index (κ1) is 14.2. The van der Waals surface area contributed by atoms with Crippen LogP contribution in [0.5, 0.6) is 0 Å². The Balaban J connectivity index is 2.36. The molecular formula is C16H14F2O2. The maximum Gasteiger partial charge on any atom is 0.311 e. The summed E-state index contributed by atoms with van der Waals surface area (Å²) in [6.07, 6.45) is 0.127. The summed E-state index contributed by atoms with van der Waals surface area (Å²) in [5, 5.41) is 9.32. The number of aryl methyl sites for hydroxylation is 1. The second-order valence-corrected chi connectivity index (χ2v) is 4.69. The Labute approximate surface area is 115 Å². The Morgan fingerprint density at radius 1 is 1.20 bits per heavy atom. The van der Waals surface area contributed by atoms with Crippen molar-refractivity contribution in [2.45, 2.75) is 19.3 Å². The van der Waals surface area contributed by atoms with Crippen LogP contribution >= 0.6 is 0 Å². The quantitative estimate of drug-likeness (QED) is 0.924. The maximum absolute atomic E-state index is 13.7. The van der Waals surface area contributed by atoms with Gasteiger partial charge in [-0.15, -0.1) is 0 Å². The van der Waals surface area contributed by atoms with Crippen molar-refractivity contribution in [1.29, 1.82) is 0 Å². The zero-order chi connectivity index (χ0) is 14.7. The van der Waals surface area contributed by atoms with Crippen molar-refractivity contribution in [2.75, 3.05) is 0 Å². The molecule has 0 fully saturated rings. The third kappa shape index (κ3) is 3.02. The van der Waals surface area contributed by atoms with Gasteiger partial charge in [-0.05, 0) is 42.7 Å². The van der Waals surface area contributed by atoms with Gasteiger partial charge in [-0.1, -0.05) is 24.3 Å². The molecule has 1 N–H and O–H groups in total. The van der Waals surface area contributed by atoms with Gasteiger partial charge >= 0.3 is 5.97 Å². The van der Waals surface area contributed by atoms with Crippen molar-refractivity contribution in [3.63, 3.8) is 0 Å². The van der Waals surface area contributed by atoms with Gasteiger partial charge in [0.2, 0.25) is 0 Å². The Morgan fingerprint density at radius 2 is 1.90 bits per heavy atom. The predicted molar refractivity (Wildman–Crippen MR) is 71.6 cm³/mol. The van der Waals surface area contributed by atoms with Crippen molar-refractivity contribution in [1.82, 2.24) is 0 Å². The molecule has 1 atom stereocenters. The molecule has 0 aromatic heterocycles. The van der Waals surface area contributed by atoms with Gasteiger partial charge in [0, 0.05) is 5.56 Å². The van der Waals surface area contributed by atoms with Crippen LogP contribution < -0.4 is 0 Å². The van der Waals surface area contributed by atoms with E-state index in [2.05, 4.69) is 0 Å².